The van der Waals surface area contributed by atoms with Crippen molar-refractivity contribution >= 4 is 43.6 Å². The van der Waals surface area contributed by atoms with Crippen LogP contribution in [0.3, 0.4) is 0 Å². The SMILES string of the molecule is c1ccc(-c2cccc(-c3nc(-c4cccc(-c5ccccc5)c4)nc(-n4c5ccccc5c5cc6c7ccccc7n(-c7cc(-c8ccccc8)ccc7-c7ccccc7)c6cc54)n3)c2)cc1. The normalized spacial score (nSPS) is 11.5. The molecule has 13 aromatic rings. The fourth-order valence-corrected chi connectivity index (χ4v) is 9.95. The third kappa shape index (κ3) is 6.76. The van der Waals surface area contributed by atoms with E-state index in [-0.39, 0.29) is 0 Å². The third-order valence-electron chi connectivity index (χ3n) is 13.2. The van der Waals surface area contributed by atoms with Gasteiger partial charge in [-0.2, -0.15) is 9.97 Å². The van der Waals surface area contributed by atoms with E-state index in [1.54, 1.807) is 0 Å². The summed E-state index contributed by atoms with van der Waals surface area (Å²) in [5.41, 5.74) is 16.2. The van der Waals surface area contributed by atoms with Crippen LogP contribution in [0.5, 0.6) is 0 Å². The number of fused-ring (bicyclic) bond motifs is 6. The Morgan fingerprint density at radius 3 is 1.18 bits per heavy atom. The number of benzene rings is 10. The molecule has 0 spiro atoms. The van der Waals surface area contributed by atoms with Crippen LogP contribution < -0.4 is 0 Å². The van der Waals surface area contributed by atoms with Gasteiger partial charge in [0.2, 0.25) is 5.95 Å². The molecular weight excluding hydrogens is 827 g/mol. The first kappa shape index (κ1) is 39.2. The second-order valence-electron chi connectivity index (χ2n) is 17.2. The summed E-state index contributed by atoms with van der Waals surface area (Å²) in [6.07, 6.45) is 0. The molecule has 0 N–H and O–H groups in total. The number of hydrogen-bond donors (Lipinski definition) is 0. The largest absolute Gasteiger partial charge is 0.309 e. The van der Waals surface area contributed by atoms with Gasteiger partial charge in [0.1, 0.15) is 0 Å². The van der Waals surface area contributed by atoms with Gasteiger partial charge in [0.05, 0.1) is 27.8 Å². The third-order valence-corrected chi connectivity index (χ3v) is 13.2. The first-order valence-corrected chi connectivity index (χ1v) is 23.0. The molecule has 3 heterocycles. The van der Waals surface area contributed by atoms with Gasteiger partial charge in [-0.25, -0.2) is 4.98 Å². The highest BCUT2D eigenvalue weighted by Crippen LogP contribution is 2.42. The Morgan fingerprint density at radius 2 is 0.647 bits per heavy atom. The number of hydrogen-bond acceptors (Lipinski definition) is 3. The Labute approximate surface area is 393 Å². The fourth-order valence-electron chi connectivity index (χ4n) is 9.95. The quantitative estimate of drug-likeness (QED) is 0.153. The van der Waals surface area contributed by atoms with Crippen LogP contribution >= 0.6 is 0 Å². The van der Waals surface area contributed by atoms with E-state index < -0.39 is 0 Å². The maximum atomic E-state index is 5.42. The summed E-state index contributed by atoms with van der Waals surface area (Å²) in [5.74, 6) is 1.74. The zero-order valence-corrected chi connectivity index (χ0v) is 36.9. The van der Waals surface area contributed by atoms with Gasteiger partial charge >= 0.3 is 0 Å². The molecular formula is C63H41N5. The van der Waals surface area contributed by atoms with Crippen molar-refractivity contribution in [3.63, 3.8) is 0 Å². The summed E-state index contributed by atoms with van der Waals surface area (Å²) in [6, 6.07) is 88.3. The molecule has 3 aromatic heterocycles. The monoisotopic (exact) mass is 867 g/mol. The molecule has 0 radical (unpaired) electrons. The average Bonchev–Trinajstić information content (AvgIpc) is 3.92. The Hall–Kier alpha value is -9.19. The van der Waals surface area contributed by atoms with Crippen LogP contribution in [-0.2, 0) is 0 Å². The van der Waals surface area contributed by atoms with Crippen molar-refractivity contribution < 1.29 is 0 Å². The van der Waals surface area contributed by atoms with E-state index >= 15 is 0 Å². The molecule has 5 nitrogen and oxygen atoms in total. The van der Waals surface area contributed by atoms with Crippen LogP contribution in [0.25, 0.3) is 123 Å². The highest BCUT2D eigenvalue weighted by molar-refractivity contribution is 6.19. The molecule has 0 aliphatic carbocycles. The lowest BCUT2D eigenvalue weighted by Gasteiger charge is -2.16. The lowest BCUT2D eigenvalue weighted by Crippen LogP contribution is -2.06. The minimum atomic E-state index is 0.546. The van der Waals surface area contributed by atoms with Crippen molar-refractivity contribution in [2.24, 2.45) is 0 Å². The molecule has 0 aliphatic rings. The minimum absolute atomic E-state index is 0.546. The van der Waals surface area contributed by atoms with Crippen LogP contribution in [0.4, 0.5) is 0 Å². The summed E-state index contributed by atoms with van der Waals surface area (Å²) < 4.78 is 4.69. The van der Waals surface area contributed by atoms with Crippen LogP contribution in [0.1, 0.15) is 0 Å². The number of aromatic nitrogens is 5. The minimum Gasteiger partial charge on any atom is -0.309 e. The van der Waals surface area contributed by atoms with Crippen molar-refractivity contribution in [2.75, 3.05) is 0 Å². The maximum absolute atomic E-state index is 5.42. The van der Waals surface area contributed by atoms with Crippen molar-refractivity contribution in [3.8, 4) is 78.9 Å². The molecule has 0 unspecified atom stereocenters. The lowest BCUT2D eigenvalue weighted by atomic mass is 9.98. The van der Waals surface area contributed by atoms with Crippen molar-refractivity contribution in [1.29, 1.82) is 0 Å². The predicted molar refractivity (Wildman–Crippen MR) is 281 cm³/mol. The van der Waals surface area contributed by atoms with Gasteiger partial charge in [0.25, 0.3) is 0 Å². The van der Waals surface area contributed by atoms with E-state index in [4.69, 9.17) is 15.0 Å². The second-order valence-corrected chi connectivity index (χ2v) is 17.2. The van der Waals surface area contributed by atoms with Crippen LogP contribution in [-0.4, -0.2) is 24.1 Å². The fraction of sp³-hybridized carbons (Fsp3) is 0. The molecule has 68 heavy (non-hydrogen) atoms. The van der Waals surface area contributed by atoms with Gasteiger partial charge in [-0.15, -0.1) is 0 Å². The molecule has 0 bridgehead atoms. The van der Waals surface area contributed by atoms with Crippen molar-refractivity contribution in [2.45, 2.75) is 0 Å². The maximum Gasteiger partial charge on any atom is 0.238 e. The van der Waals surface area contributed by atoms with E-state index in [0.717, 1.165) is 88.6 Å². The first-order valence-electron chi connectivity index (χ1n) is 23.0. The predicted octanol–water partition coefficient (Wildman–Crippen LogP) is 16.1. The van der Waals surface area contributed by atoms with Crippen molar-refractivity contribution in [1.82, 2.24) is 24.1 Å². The Morgan fingerprint density at radius 1 is 0.235 bits per heavy atom. The summed E-state index contributed by atoms with van der Waals surface area (Å²) in [4.78, 5) is 16.1. The summed E-state index contributed by atoms with van der Waals surface area (Å²) >= 11 is 0. The molecule has 0 saturated carbocycles. The molecule has 0 aliphatic heterocycles. The molecule has 0 fully saturated rings. The van der Waals surface area contributed by atoms with Crippen LogP contribution in [0, 0.1) is 0 Å². The molecule has 5 heteroatoms. The topological polar surface area (TPSA) is 48.5 Å². The zero-order valence-electron chi connectivity index (χ0n) is 36.9. The lowest BCUT2D eigenvalue weighted by molar-refractivity contribution is 0.953. The van der Waals surface area contributed by atoms with E-state index in [2.05, 4.69) is 246 Å². The van der Waals surface area contributed by atoms with Crippen LogP contribution in [0.2, 0.25) is 0 Å². The standard InChI is InChI=1S/C63H41N5/c1-5-19-42(20-6-1)46-27-17-29-49(37-46)61-64-62(50-30-18-28-47(38-50)43-21-7-2-8-22-43)66-63(65-61)68-57-34-16-14-32-53(57)55-40-54-52-31-13-15-33-56(52)67(59(54)41-60(55)68)58-39-48(44-23-9-3-10-24-44)35-36-51(58)45-25-11-4-12-26-45/h1-41H. The van der Waals surface area contributed by atoms with E-state index in [0.29, 0.717) is 17.6 Å². The van der Waals surface area contributed by atoms with Gasteiger partial charge in [-0.1, -0.05) is 206 Å². The van der Waals surface area contributed by atoms with E-state index in [9.17, 15) is 0 Å². The van der Waals surface area contributed by atoms with E-state index in [1.165, 1.54) is 16.3 Å². The van der Waals surface area contributed by atoms with Gasteiger partial charge in [0.15, 0.2) is 11.6 Å². The first-order chi connectivity index (χ1) is 33.7. The molecule has 13 rings (SSSR count). The van der Waals surface area contributed by atoms with E-state index in [1.807, 2.05) is 12.1 Å². The summed E-state index contributed by atoms with van der Waals surface area (Å²) in [5, 5.41) is 4.61. The Kier molecular flexibility index (Phi) is 9.43. The summed E-state index contributed by atoms with van der Waals surface area (Å²) in [7, 11) is 0. The van der Waals surface area contributed by atoms with Gasteiger partial charge < -0.3 is 4.57 Å². The molecule has 0 amide bonds. The zero-order chi connectivity index (χ0) is 45.0. The van der Waals surface area contributed by atoms with Gasteiger partial charge in [-0.05, 0) is 81.4 Å². The van der Waals surface area contributed by atoms with Crippen LogP contribution in [0.15, 0.2) is 249 Å². The second kappa shape index (κ2) is 16.4. The van der Waals surface area contributed by atoms with Gasteiger partial charge in [0, 0.05) is 38.2 Å². The smallest absolute Gasteiger partial charge is 0.238 e. The Balaban J connectivity index is 1.10. The van der Waals surface area contributed by atoms with Gasteiger partial charge in [-0.3, -0.25) is 4.57 Å². The molecule has 0 saturated heterocycles. The Bertz CT molecular complexity index is 3900. The highest BCUT2D eigenvalue weighted by Gasteiger charge is 2.23. The molecule has 318 valence electrons. The average molecular weight is 868 g/mol. The highest BCUT2D eigenvalue weighted by atomic mass is 15.2. The molecule has 10 aromatic carbocycles. The number of nitrogens with zero attached hydrogens (tertiary/aromatic N) is 5. The number of para-hydroxylation sites is 2. The molecule has 0 atom stereocenters. The number of rotatable bonds is 8. The van der Waals surface area contributed by atoms with Crippen molar-refractivity contribution in [3.05, 3.63) is 249 Å². The summed E-state index contributed by atoms with van der Waals surface area (Å²) in [6.45, 7) is 0.